The van der Waals surface area contributed by atoms with Crippen LogP contribution in [-0.4, -0.2) is 10.9 Å². The van der Waals surface area contributed by atoms with Crippen LogP contribution in [-0.2, 0) is 0 Å². The Morgan fingerprint density at radius 3 is 2.36 bits per heavy atom. The van der Waals surface area contributed by atoms with E-state index in [2.05, 4.69) is 10.3 Å². The summed E-state index contributed by atoms with van der Waals surface area (Å²) in [5.74, 6) is 0.439. The van der Waals surface area contributed by atoms with Crippen LogP contribution in [0.3, 0.4) is 0 Å². The zero-order valence-corrected chi connectivity index (χ0v) is 14.5. The number of hydrogen-bond donors (Lipinski definition) is 1. The van der Waals surface area contributed by atoms with Gasteiger partial charge in [-0.1, -0.05) is 41.4 Å². The van der Waals surface area contributed by atoms with Crippen molar-refractivity contribution in [1.82, 2.24) is 4.98 Å². The molecule has 1 amide bonds. The molecule has 0 spiro atoms. The minimum atomic E-state index is -0.362. The van der Waals surface area contributed by atoms with E-state index in [4.69, 9.17) is 23.2 Å². The first-order valence-electron chi connectivity index (χ1n) is 7.69. The molecule has 1 atom stereocenters. The average Bonchev–Trinajstić information content (AvgIpc) is 2.90. The monoisotopic (exact) mass is 369 g/mol. The van der Waals surface area contributed by atoms with Gasteiger partial charge in [0.1, 0.15) is 12.0 Å². The van der Waals surface area contributed by atoms with E-state index in [-0.39, 0.29) is 12.1 Å². The van der Waals surface area contributed by atoms with Gasteiger partial charge in [-0.3, -0.25) is 9.69 Å². The van der Waals surface area contributed by atoms with Crippen LogP contribution in [0.2, 0.25) is 10.0 Å². The van der Waals surface area contributed by atoms with E-state index in [1.165, 1.54) is 6.20 Å². The first kappa shape index (κ1) is 15.9. The van der Waals surface area contributed by atoms with E-state index in [0.29, 0.717) is 21.4 Å². The number of aromatic nitrogens is 1. The zero-order chi connectivity index (χ0) is 17.4. The fourth-order valence-electron chi connectivity index (χ4n) is 2.91. The third-order valence-electron chi connectivity index (χ3n) is 4.07. The standard InChI is InChI=1S/C19H13Cl2N3O/c20-12-5-8-14(9-6-12)23-18-15-3-1-2-4-16(15)19(25)24(18)17-10-7-13(21)11-22-17/h1-11,18,23H. The molecule has 25 heavy (non-hydrogen) atoms. The van der Waals surface area contributed by atoms with Gasteiger partial charge in [0.05, 0.1) is 5.02 Å². The lowest BCUT2D eigenvalue weighted by atomic mass is 10.1. The Bertz CT molecular complexity index is 926. The van der Waals surface area contributed by atoms with Gasteiger partial charge >= 0.3 is 0 Å². The van der Waals surface area contributed by atoms with Gasteiger partial charge in [0.15, 0.2) is 0 Å². The number of rotatable bonds is 3. The molecule has 1 N–H and O–H groups in total. The molecule has 2 aromatic carbocycles. The van der Waals surface area contributed by atoms with Crippen LogP contribution in [0.4, 0.5) is 11.5 Å². The quantitative estimate of drug-likeness (QED) is 0.693. The first-order valence-corrected chi connectivity index (χ1v) is 8.45. The molecule has 4 rings (SSSR count). The third-order valence-corrected chi connectivity index (χ3v) is 4.54. The number of hydrogen-bond acceptors (Lipinski definition) is 3. The largest absolute Gasteiger partial charge is 0.361 e. The zero-order valence-electron chi connectivity index (χ0n) is 13.0. The van der Waals surface area contributed by atoms with Gasteiger partial charge in [0, 0.05) is 28.0 Å². The van der Waals surface area contributed by atoms with Crippen LogP contribution >= 0.6 is 23.2 Å². The van der Waals surface area contributed by atoms with E-state index >= 15 is 0 Å². The lowest BCUT2D eigenvalue weighted by Crippen LogP contribution is -2.32. The summed E-state index contributed by atoms with van der Waals surface area (Å²) >= 11 is 11.9. The fourth-order valence-corrected chi connectivity index (χ4v) is 3.15. The van der Waals surface area contributed by atoms with E-state index in [9.17, 15) is 4.79 Å². The summed E-state index contributed by atoms with van der Waals surface area (Å²) < 4.78 is 0. The Labute approximate surface area is 155 Å². The fraction of sp³-hybridized carbons (Fsp3) is 0.0526. The van der Waals surface area contributed by atoms with Gasteiger partial charge in [-0.05, 0) is 42.5 Å². The maximum atomic E-state index is 12.9. The molecule has 0 radical (unpaired) electrons. The number of halogens is 2. The van der Waals surface area contributed by atoms with Crippen molar-refractivity contribution in [2.45, 2.75) is 6.17 Å². The van der Waals surface area contributed by atoms with Crippen LogP contribution in [0.25, 0.3) is 0 Å². The highest BCUT2D eigenvalue weighted by Crippen LogP contribution is 2.37. The number of carbonyl (C=O) groups excluding carboxylic acids is 1. The highest BCUT2D eigenvalue weighted by molar-refractivity contribution is 6.30. The van der Waals surface area contributed by atoms with Gasteiger partial charge < -0.3 is 5.32 Å². The van der Waals surface area contributed by atoms with Crippen LogP contribution in [0.15, 0.2) is 66.9 Å². The summed E-state index contributed by atoms with van der Waals surface area (Å²) in [5.41, 5.74) is 2.42. The van der Waals surface area contributed by atoms with Gasteiger partial charge in [-0.25, -0.2) is 4.98 Å². The molecule has 6 heteroatoms. The van der Waals surface area contributed by atoms with Crippen molar-refractivity contribution < 1.29 is 4.79 Å². The predicted octanol–water partition coefficient (Wildman–Crippen LogP) is 5.16. The lowest BCUT2D eigenvalue weighted by Gasteiger charge is -2.26. The Morgan fingerprint density at radius 1 is 0.920 bits per heavy atom. The van der Waals surface area contributed by atoms with Crippen LogP contribution in [0, 0.1) is 0 Å². The minimum Gasteiger partial charge on any atom is -0.361 e. The Morgan fingerprint density at radius 2 is 1.64 bits per heavy atom. The number of nitrogens with one attached hydrogen (secondary N) is 1. The summed E-state index contributed by atoms with van der Waals surface area (Å²) in [6, 6.07) is 18.4. The van der Waals surface area contributed by atoms with E-state index in [1.807, 2.05) is 36.4 Å². The number of benzene rings is 2. The number of anilines is 2. The molecule has 0 bridgehead atoms. The van der Waals surface area contributed by atoms with Crippen LogP contribution in [0.5, 0.6) is 0 Å². The number of fused-ring (bicyclic) bond motifs is 1. The summed E-state index contributed by atoms with van der Waals surface area (Å²) in [5, 5.41) is 4.57. The van der Waals surface area contributed by atoms with Crippen molar-refractivity contribution in [3.8, 4) is 0 Å². The number of amides is 1. The van der Waals surface area contributed by atoms with Crippen molar-refractivity contribution in [2.75, 3.05) is 10.2 Å². The highest BCUT2D eigenvalue weighted by Gasteiger charge is 2.38. The third kappa shape index (κ3) is 2.95. The molecule has 0 saturated carbocycles. The molecule has 124 valence electrons. The Hall–Kier alpha value is -2.56. The molecule has 1 aliphatic heterocycles. The second kappa shape index (κ2) is 6.39. The minimum absolute atomic E-state index is 0.100. The van der Waals surface area contributed by atoms with Crippen molar-refractivity contribution >= 4 is 40.6 Å². The Kier molecular flexibility index (Phi) is 4.07. The highest BCUT2D eigenvalue weighted by atomic mass is 35.5. The maximum Gasteiger partial charge on any atom is 0.261 e. The molecular weight excluding hydrogens is 357 g/mol. The molecule has 3 aromatic rings. The molecule has 4 nitrogen and oxygen atoms in total. The molecule has 0 fully saturated rings. The van der Waals surface area contributed by atoms with E-state index < -0.39 is 0 Å². The topological polar surface area (TPSA) is 45.2 Å². The van der Waals surface area contributed by atoms with Crippen molar-refractivity contribution in [2.24, 2.45) is 0 Å². The van der Waals surface area contributed by atoms with Gasteiger partial charge in [0.2, 0.25) is 0 Å². The molecular formula is C19H13Cl2N3O. The summed E-state index contributed by atoms with van der Waals surface area (Å²) in [7, 11) is 0. The summed E-state index contributed by atoms with van der Waals surface area (Å²) in [4.78, 5) is 18.9. The summed E-state index contributed by atoms with van der Waals surface area (Å²) in [6.07, 6.45) is 1.17. The predicted molar refractivity (Wildman–Crippen MR) is 100 cm³/mol. The SMILES string of the molecule is O=C1c2ccccc2C(Nc2ccc(Cl)cc2)N1c1ccc(Cl)cn1. The smallest absolute Gasteiger partial charge is 0.261 e. The van der Waals surface area contributed by atoms with E-state index in [0.717, 1.165) is 11.3 Å². The van der Waals surface area contributed by atoms with Gasteiger partial charge in [0.25, 0.3) is 5.91 Å². The summed E-state index contributed by atoms with van der Waals surface area (Å²) in [6.45, 7) is 0. The lowest BCUT2D eigenvalue weighted by molar-refractivity contribution is 0.0992. The number of carbonyl (C=O) groups is 1. The molecule has 2 heterocycles. The second-order valence-electron chi connectivity index (χ2n) is 5.65. The van der Waals surface area contributed by atoms with E-state index in [1.54, 1.807) is 29.2 Å². The molecule has 0 saturated heterocycles. The molecule has 1 unspecified atom stereocenters. The molecule has 1 aliphatic rings. The number of nitrogens with zero attached hydrogens (tertiary/aromatic N) is 2. The van der Waals surface area contributed by atoms with Gasteiger partial charge in [-0.15, -0.1) is 0 Å². The average molecular weight is 370 g/mol. The van der Waals surface area contributed by atoms with Crippen molar-refractivity contribution in [3.05, 3.63) is 88.0 Å². The van der Waals surface area contributed by atoms with Crippen LogP contribution < -0.4 is 10.2 Å². The normalized spacial score (nSPS) is 16.0. The second-order valence-corrected chi connectivity index (χ2v) is 6.52. The van der Waals surface area contributed by atoms with Crippen molar-refractivity contribution in [3.63, 3.8) is 0 Å². The van der Waals surface area contributed by atoms with Gasteiger partial charge in [-0.2, -0.15) is 0 Å². The maximum absolute atomic E-state index is 12.9. The number of pyridine rings is 1. The van der Waals surface area contributed by atoms with Crippen molar-refractivity contribution in [1.29, 1.82) is 0 Å². The first-order chi connectivity index (χ1) is 12.1. The molecule has 1 aromatic heterocycles. The Balaban J connectivity index is 1.77. The molecule has 0 aliphatic carbocycles. The van der Waals surface area contributed by atoms with Crippen LogP contribution in [0.1, 0.15) is 22.1 Å².